The molecule has 0 saturated carbocycles. The Hall–Kier alpha value is -2.89. The van der Waals surface area contributed by atoms with Gasteiger partial charge in [-0.05, 0) is 42.8 Å². The molecule has 0 aliphatic rings. The topological polar surface area (TPSA) is 66.0 Å². The minimum Gasteiger partial charge on any atom is -0.493 e. The standard InChI is InChI=1S/C19H23NO5/c1-5-25-16-9-7-14(11-18(16)24-4)19(21)20-12-13-6-8-15(22-2)17(10-13)23-3/h6-11H,5,12H2,1-4H3,(H,20,21). The number of ether oxygens (including phenoxy) is 4. The van der Waals surface area contributed by atoms with Crippen LogP contribution in [0, 0.1) is 0 Å². The second-order valence-corrected chi connectivity index (χ2v) is 5.17. The number of rotatable bonds is 8. The van der Waals surface area contributed by atoms with Crippen LogP contribution in [-0.4, -0.2) is 33.8 Å². The number of hydrogen-bond acceptors (Lipinski definition) is 5. The Morgan fingerprint density at radius 3 is 2.16 bits per heavy atom. The Balaban J connectivity index is 2.07. The summed E-state index contributed by atoms with van der Waals surface area (Å²) >= 11 is 0. The molecule has 0 radical (unpaired) electrons. The Kier molecular flexibility index (Phi) is 6.51. The van der Waals surface area contributed by atoms with Crippen LogP contribution in [-0.2, 0) is 6.54 Å². The van der Waals surface area contributed by atoms with Crippen molar-refractivity contribution in [1.82, 2.24) is 5.32 Å². The van der Waals surface area contributed by atoms with Crippen LogP contribution in [0.4, 0.5) is 0 Å². The third kappa shape index (κ3) is 4.56. The van der Waals surface area contributed by atoms with E-state index < -0.39 is 0 Å². The zero-order valence-corrected chi connectivity index (χ0v) is 14.9. The molecule has 0 atom stereocenters. The van der Waals surface area contributed by atoms with E-state index in [9.17, 15) is 4.79 Å². The highest BCUT2D eigenvalue weighted by Crippen LogP contribution is 2.29. The average molecular weight is 345 g/mol. The van der Waals surface area contributed by atoms with Crippen LogP contribution < -0.4 is 24.3 Å². The van der Waals surface area contributed by atoms with E-state index in [4.69, 9.17) is 18.9 Å². The molecule has 0 saturated heterocycles. The summed E-state index contributed by atoms with van der Waals surface area (Å²) in [4.78, 5) is 12.4. The predicted molar refractivity (Wildman–Crippen MR) is 94.9 cm³/mol. The van der Waals surface area contributed by atoms with Gasteiger partial charge < -0.3 is 24.3 Å². The maximum Gasteiger partial charge on any atom is 0.251 e. The molecular weight excluding hydrogens is 322 g/mol. The fourth-order valence-corrected chi connectivity index (χ4v) is 2.36. The summed E-state index contributed by atoms with van der Waals surface area (Å²) in [6, 6.07) is 10.6. The van der Waals surface area contributed by atoms with Crippen LogP contribution in [0.1, 0.15) is 22.8 Å². The molecule has 0 bridgehead atoms. The quantitative estimate of drug-likeness (QED) is 0.796. The van der Waals surface area contributed by atoms with E-state index in [0.717, 1.165) is 5.56 Å². The zero-order valence-electron chi connectivity index (χ0n) is 14.9. The van der Waals surface area contributed by atoms with E-state index in [-0.39, 0.29) is 5.91 Å². The number of nitrogens with one attached hydrogen (secondary N) is 1. The van der Waals surface area contributed by atoms with Gasteiger partial charge in [0.2, 0.25) is 0 Å². The Bertz CT molecular complexity index is 730. The van der Waals surface area contributed by atoms with Crippen LogP contribution in [0.3, 0.4) is 0 Å². The Morgan fingerprint density at radius 2 is 1.52 bits per heavy atom. The number of hydrogen-bond donors (Lipinski definition) is 1. The Labute approximate surface area is 147 Å². The highest BCUT2D eigenvalue weighted by Gasteiger charge is 2.11. The van der Waals surface area contributed by atoms with Gasteiger partial charge >= 0.3 is 0 Å². The molecule has 2 rings (SSSR count). The molecule has 1 amide bonds. The van der Waals surface area contributed by atoms with Crippen molar-refractivity contribution in [3.8, 4) is 23.0 Å². The molecule has 0 aliphatic carbocycles. The van der Waals surface area contributed by atoms with Gasteiger partial charge in [0.1, 0.15) is 0 Å². The van der Waals surface area contributed by atoms with Crippen molar-refractivity contribution in [3.05, 3.63) is 47.5 Å². The lowest BCUT2D eigenvalue weighted by Crippen LogP contribution is -2.22. The number of carbonyl (C=O) groups is 1. The lowest BCUT2D eigenvalue weighted by molar-refractivity contribution is 0.0950. The fraction of sp³-hybridized carbons (Fsp3) is 0.316. The maximum atomic E-state index is 12.4. The Morgan fingerprint density at radius 1 is 0.880 bits per heavy atom. The van der Waals surface area contributed by atoms with Crippen LogP contribution in [0.5, 0.6) is 23.0 Å². The molecule has 0 unspecified atom stereocenters. The largest absolute Gasteiger partial charge is 0.493 e. The lowest BCUT2D eigenvalue weighted by atomic mass is 10.1. The number of amides is 1. The maximum absolute atomic E-state index is 12.4. The number of benzene rings is 2. The first-order chi connectivity index (χ1) is 12.1. The van der Waals surface area contributed by atoms with E-state index in [2.05, 4.69) is 5.32 Å². The van der Waals surface area contributed by atoms with Crippen LogP contribution in [0.15, 0.2) is 36.4 Å². The highest BCUT2D eigenvalue weighted by atomic mass is 16.5. The van der Waals surface area contributed by atoms with Gasteiger partial charge in [0.25, 0.3) is 5.91 Å². The zero-order chi connectivity index (χ0) is 18.2. The third-order valence-corrected chi connectivity index (χ3v) is 3.63. The summed E-state index contributed by atoms with van der Waals surface area (Å²) in [6.07, 6.45) is 0. The van der Waals surface area contributed by atoms with Gasteiger partial charge in [-0.3, -0.25) is 4.79 Å². The second-order valence-electron chi connectivity index (χ2n) is 5.17. The minimum absolute atomic E-state index is 0.198. The molecule has 25 heavy (non-hydrogen) atoms. The lowest BCUT2D eigenvalue weighted by Gasteiger charge is -2.12. The molecule has 0 aliphatic heterocycles. The van der Waals surface area contributed by atoms with E-state index in [0.29, 0.717) is 41.7 Å². The third-order valence-electron chi connectivity index (χ3n) is 3.63. The van der Waals surface area contributed by atoms with E-state index >= 15 is 0 Å². The highest BCUT2D eigenvalue weighted by molar-refractivity contribution is 5.94. The molecule has 134 valence electrons. The van der Waals surface area contributed by atoms with Crippen molar-refractivity contribution in [1.29, 1.82) is 0 Å². The molecule has 6 nitrogen and oxygen atoms in total. The molecule has 0 spiro atoms. The normalized spacial score (nSPS) is 10.1. The molecule has 0 heterocycles. The first-order valence-electron chi connectivity index (χ1n) is 7.92. The fourth-order valence-electron chi connectivity index (χ4n) is 2.36. The number of methoxy groups -OCH3 is 3. The SMILES string of the molecule is CCOc1ccc(C(=O)NCc2ccc(OC)c(OC)c2)cc1OC. The van der Waals surface area contributed by atoms with Crippen molar-refractivity contribution in [3.63, 3.8) is 0 Å². The molecule has 2 aromatic carbocycles. The van der Waals surface area contributed by atoms with Gasteiger partial charge in [0.15, 0.2) is 23.0 Å². The summed E-state index contributed by atoms with van der Waals surface area (Å²) < 4.78 is 21.2. The van der Waals surface area contributed by atoms with Gasteiger partial charge in [0, 0.05) is 12.1 Å². The summed E-state index contributed by atoms with van der Waals surface area (Å²) in [5, 5.41) is 2.88. The average Bonchev–Trinajstić information content (AvgIpc) is 2.66. The van der Waals surface area contributed by atoms with Gasteiger partial charge in [-0.15, -0.1) is 0 Å². The first-order valence-corrected chi connectivity index (χ1v) is 7.92. The summed E-state index contributed by atoms with van der Waals surface area (Å²) in [5.41, 5.74) is 1.41. The van der Waals surface area contributed by atoms with Crippen LogP contribution >= 0.6 is 0 Å². The smallest absolute Gasteiger partial charge is 0.251 e. The summed E-state index contributed by atoms with van der Waals surface area (Å²) in [7, 11) is 4.70. The van der Waals surface area contributed by atoms with E-state index in [1.807, 2.05) is 19.1 Å². The monoisotopic (exact) mass is 345 g/mol. The van der Waals surface area contributed by atoms with Crippen molar-refractivity contribution >= 4 is 5.91 Å². The van der Waals surface area contributed by atoms with Crippen LogP contribution in [0.2, 0.25) is 0 Å². The first kappa shape index (κ1) is 18.4. The second kappa shape index (κ2) is 8.82. The van der Waals surface area contributed by atoms with Crippen LogP contribution in [0.25, 0.3) is 0 Å². The van der Waals surface area contributed by atoms with Gasteiger partial charge in [-0.1, -0.05) is 6.07 Å². The van der Waals surface area contributed by atoms with Crippen molar-refractivity contribution in [2.75, 3.05) is 27.9 Å². The van der Waals surface area contributed by atoms with Gasteiger partial charge in [-0.2, -0.15) is 0 Å². The molecule has 6 heteroatoms. The molecule has 0 aromatic heterocycles. The molecular formula is C19H23NO5. The summed E-state index contributed by atoms with van der Waals surface area (Å²) in [5.74, 6) is 2.21. The number of carbonyl (C=O) groups excluding carboxylic acids is 1. The van der Waals surface area contributed by atoms with Gasteiger partial charge in [0.05, 0.1) is 27.9 Å². The van der Waals surface area contributed by atoms with Crippen molar-refractivity contribution < 1.29 is 23.7 Å². The minimum atomic E-state index is -0.198. The van der Waals surface area contributed by atoms with E-state index in [1.165, 1.54) is 0 Å². The predicted octanol–water partition coefficient (Wildman–Crippen LogP) is 3.04. The molecule has 1 N–H and O–H groups in total. The molecule has 2 aromatic rings. The van der Waals surface area contributed by atoms with Crippen molar-refractivity contribution in [2.45, 2.75) is 13.5 Å². The summed E-state index contributed by atoms with van der Waals surface area (Å²) in [6.45, 7) is 2.79. The van der Waals surface area contributed by atoms with Gasteiger partial charge in [-0.25, -0.2) is 0 Å². The molecule has 0 fully saturated rings. The van der Waals surface area contributed by atoms with E-state index in [1.54, 1.807) is 45.6 Å². The van der Waals surface area contributed by atoms with Crippen molar-refractivity contribution in [2.24, 2.45) is 0 Å².